The number of amides is 2. The van der Waals surface area contributed by atoms with Crippen molar-refractivity contribution in [2.24, 2.45) is 0 Å². The van der Waals surface area contributed by atoms with Gasteiger partial charge in [0.25, 0.3) is 10.0 Å². The Morgan fingerprint density at radius 2 is 1.45 bits per heavy atom. The van der Waals surface area contributed by atoms with E-state index < -0.39 is 28.5 Å². The van der Waals surface area contributed by atoms with Gasteiger partial charge in [-0.05, 0) is 75.1 Å². The maximum atomic E-state index is 14.0. The van der Waals surface area contributed by atoms with Crippen LogP contribution in [0.4, 0.5) is 5.69 Å². The molecule has 1 N–H and O–H groups in total. The Labute approximate surface area is 226 Å². The molecule has 0 aliphatic heterocycles. The molecule has 0 bridgehead atoms. The molecule has 1 atom stereocenters. The smallest absolute Gasteiger partial charge is 0.264 e. The molecule has 8 heteroatoms. The largest absolute Gasteiger partial charge is 0.355 e. The molecule has 0 unspecified atom stereocenters. The highest BCUT2D eigenvalue weighted by Crippen LogP contribution is 2.27. The number of sulfonamides is 1. The van der Waals surface area contributed by atoms with Crippen LogP contribution in [0.2, 0.25) is 0 Å². The molecule has 0 aliphatic rings. The number of benzene rings is 3. The average molecular weight is 536 g/mol. The molecule has 0 radical (unpaired) electrons. The molecular weight excluding hydrogens is 498 g/mol. The monoisotopic (exact) mass is 535 g/mol. The third-order valence-electron chi connectivity index (χ3n) is 6.31. The summed E-state index contributed by atoms with van der Waals surface area (Å²) < 4.78 is 29.0. The molecule has 3 aromatic rings. The van der Waals surface area contributed by atoms with E-state index in [1.807, 2.05) is 71.0 Å². The molecule has 0 aromatic heterocycles. The highest BCUT2D eigenvalue weighted by molar-refractivity contribution is 7.92. The quantitative estimate of drug-likeness (QED) is 0.384. The van der Waals surface area contributed by atoms with Crippen molar-refractivity contribution in [1.29, 1.82) is 0 Å². The molecule has 202 valence electrons. The van der Waals surface area contributed by atoms with Crippen LogP contribution >= 0.6 is 0 Å². The Kier molecular flexibility index (Phi) is 9.69. The summed E-state index contributed by atoms with van der Waals surface area (Å²) >= 11 is 0. The lowest BCUT2D eigenvalue weighted by atomic mass is 10.1. The van der Waals surface area contributed by atoms with Crippen LogP contribution in [0.5, 0.6) is 0 Å². The van der Waals surface area contributed by atoms with Crippen LogP contribution in [0.15, 0.2) is 77.7 Å². The van der Waals surface area contributed by atoms with Gasteiger partial charge in [0.15, 0.2) is 0 Å². The first kappa shape index (κ1) is 28.9. The number of nitrogens with zero attached hydrogens (tertiary/aromatic N) is 2. The fourth-order valence-electron chi connectivity index (χ4n) is 4.45. The minimum Gasteiger partial charge on any atom is -0.355 e. The lowest BCUT2D eigenvalue weighted by Crippen LogP contribution is -2.52. The zero-order valence-corrected chi connectivity index (χ0v) is 23.6. The molecule has 0 saturated heterocycles. The standard InChI is InChI=1S/C30H37N3O4S/c1-6-28(30(35)31-7-2)32(20-25-11-9-8-10-12-25)29(34)21-33(26-18-23(4)17-24(5)19-26)38(36,37)27-15-13-22(3)14-16-27/h8-19,28H,6-7,20-21H2,1-5H3,(H,31,35)/t28-/m0/s1. The molecule has 0 aliphatic carbocycles. The van der Waals surface area contributed by atoms with Crippen LogP contribution in [0.1, 0.15) is 42.5 Å². The molecule has 3 rings (SSSR count). The maximum Gasteiger partial charge on any atom is 0.264 e. The molecule has 0 saturated carbocycles. The van der Waals surface area contributed by atoms with E-state index in [9.17, 15) is 18.0 Å². The Morgan fingerprint density at radius 3 is 2.00 bits per heavy atom. The molecule has 7 nitrogen and oxygen atoms in total. The van der Waals surface area contributed by atoms with Gasteiger partial charge in [0.1, 0.15) is 12.6 Å². The molecule has 0 heterocycles. The second-order valence-corrected chi connectivity index (χ2v) is 11.4. The zero-order chi connectivity index (χ0) is 27.9. The lowest BCUT2D eigenvalue weighted by Gasteiger charge is -2.33. The molecule has 2 amide bonds. The van der Waals surface area contributed by atoms with E-state index in [0.717, 1.165) is 26.6 Å². The normalized spacial score (nSPS) is 12.0. The van der Waals surface area contributed by atoms with Gasteiger partial charge in [-0.2, -0.15) is 0 Å². The summed E-state index contributed by atoms with van der Waals surface area (Å²) in [6, 6.07) is 20.7. The number of anilines is 1. The third kappa shape index (κ3) is 7.01. The summed E-state index contributed by atoms with van der Waals surface area (Å²) in [5, 5.41) is 2.81. The predicted molar refractivity (Wildman–Crippen MR) is 151 cm³/mol. The van der Waals surface area contributed by atoms with Gasteiger partial charge in [-0.15, -0.1) is 0 Å². The van der Waals surface area contributed by atoms with E-state index in [1.165, 1.54) is 4.90 Å². The van der Waals surface area contributed by atoms with E-state index in [-0.39, 0.29) is 17.3 Å². The lowest BCUT2D eigenvalue weighted by molar-refractivity contribution is -0.140. The summed E-state index contributed by atoms with van der Waals surface area (Å²) in [6.45, 7) is 9.49. The van der Waals surface area contributed by atoms with Crippen molar-refractivity contribution in [3.05, 3.63) is 95.1 Å². The summed E-state index contributed by atoms with van der Waals surface area (Å²) in [6.07, 6.45) is 0.388. The van der Waals surface area contributed by atoms with Crippen LogP contribution in [0.3, 0.4) is 0 Å². The van der Waals surface area contributed by atoms with Gasteiger partial charge >= 0.3 is 0 Å². The SMILES string of the molecule is CCNC(=O)[C@H](CC)N(Cc1ccccc1)C(=O)CN(c1cc(C)cc(C)c1)S(=O)(=O)c1ccc(C)cc1. The van der Waals surface area contributed by atoms with Gasteiger partial charge in [-0.25, -0.2) is 8.42 Å². The summed E-state index contributed by atoms with van der Waals surface area (Å²) in [7, 11) is -4.08. The summed E-state index contributed by atoms with van der Waals surface area (Å²) in [5.74, 6) is -0.722. The van der Waals surface area contributed by atoms with Crippen molar-refractivity contribution in [2.75, 3.05) is 17.4 Å². The minimum atomic E-state index is -4.08. The van der Waals surface area contributed by atoms with Crippen LogP contribution in [0.25, 0.3) is 0 Å². The van der Waals surface area contributed by atoms with E-state index in [4.69, 9.17) is 0 Å². The van der Waals surface area contributed by atoms with E-state index >= 15 is 0 Å². The highest BCUT2D eigenvalue weighted by atomic mass is 32.2. The van der Waals surface area contributed by atoms with Gasteiger partial charge in [0.05, 0.1) is 10.6 Å². The van der Waals surface area contributed by atoms with Crippen molar-refractivity contribution < 1.29 is 18.0 Å². The van der Waals surface area contributed by atoms with Crippen molar-refractivity contribution in [2.45, 2.75) is 58.5 Å². The number of nitrogens with one attached hydrogen (secondary N) is 1. The number of hydrogen-bond donors (Lipinski definition) is 1. The fraction of sp³-hybridized carbons (Fsp3) is 0.333. The first-order valence-electron chi connectivity index (χ1n) is 12.9. The van der Waals surface area contributed by atoms with Gasteiger partial charge < -0.3 is 10.2 Å². The van der Waals surface area contributed by atoms with Crippen molar-refractivity contribution in [3.8, 4) is 0 Å². The van der Waals surface area contributed by atoms with Gasteiger partial charge in [-0.1, -0.05) is 61.0 Å². The number of likely N-dealkylation sites (N-methyl/N-ethyl adjacent to an activating group) is 1. The summed E-state index contributed by atoms with van der Waals surface area (Å²) in [5.41, 5.74) is 3.95. The first-order valence-corrected chi connectivity index (χ1v) is 14.3. The van der Waals surface area contributed by atoms with Gasteiger partial charge in [-0.3, -0.25) is 13.9 Å². The molecule has 0 fully saturated rings. The van der Waals surface area contributed by atoms with Crippen LogP contribution in [-0.4, -0.2) is 44.3 Å². The Hall–Kier alpha value is -3.65. The van der Waals surface area contributed by atoms with E-state index in [1.54, 1.807) is 36.4 Å². The highest BCUT2D eigenvalue weighted by Gasteiger charge is 2.33. The number of carbonyl (C=O) groups excluding carboxylic acids is 2. The van der Waals surface area contributed by atoms with Crippen molar-refractivity contribution in [1.82, 2.24) is 10.2 Å². The van der Waals surface area contributed by atoms with Crippen molar-refractivity contribution >= 4 is 27.5 Å². The molecule has 3 aromatic carbocycles. The Bertz CT molecular complexity index is 1340. The second kappa shape index (κ2) is 12.7. The van der Waals surface area contributed by atoms with Crippen LogP contribution < -0.4 is 9.62 Å². The number of aryl methyl sites for hydroxylation is 3. The number of rotatable bonds is 11. The van der Waals surface area contributed by atoms with E-state index in [2.05, 4.69) is 5.32 Å². The zero-order valence-electron chi connectivity index (χ0n) is 22.8. The maximum absolute atomic E-state index is 14.0. The number of carbonyl (C=O) groups is 2. The van der Waals surface area contributed by atoms with Gasteiger partial charge in [0.2, 0.25) is 11.8 Å². The van der Waals surface area contributed by atoms with Crippen LogP contribution in [0, 0.1) is 20.8 Å². The van der Waals surface area contributed by atoms with Crippen LogP contribution in [-0.2, 0) is 26.2 Å². The molecule has 0 spiro atoms. The molecule has 38 heavy (non-hydrogen) atoms. The fourth-order valence-corrected chi connectivity index (χ4v) is 5.85. The third-order valence-corrected chi connectivity index (χ3v) is 8.10. The summed E-state index contributed by atoms with van der Waals surface area (Å²) in [4.78, 5) is 28.5. The predicted octanol–water partition coefficient (Wildman–Crippen LogP) is 4.75. The van der Waals surface area contributed by atoms with Crippen molar-refractivity contribution in [3.63, 3.8) is 0 Å². The topological polar surface area (TPSA) is 86.8 Å². The Morgan fingerprint density at radius 1 is 0.842 bits per heavy atom. The van der Waals surface area contributed by atoms with Gasteiger partial charge in [0, 0.05) is 13.1 Å². The Balaban J connectivity index is 2.08. The first-order chi connectivity index (χ1) is 18.1. The molecular formula is C30H37N3O4S. The van der Waals surface area contributed by atoms with E-state index in [0.29, 0.717) is 18.7 Å². The average Bonchev–Trinajstić information content (AvgIpc) is 2.87. The second-order valence-electron chi connectivity index (χ2n) is 9.50. The number of hydrogen-bond acceptors (Lipinski definition) is 4. The minimum absolute atomic E-state index is 0.0976.